The maximum atomic E-state index is 11.3. The van der Waals surface area contributed by atoms with Crippen molar-refractivity contribution in [3.63, 3.8) is 0 Å². The van der Waals surface area contributed by atoms with Crippen molar-refractivity contribution in [3.05, 3.63) is 5.89 Å². The average molecular weight is 261 g/mol. The van der Waals surface area contributed by atoms with Crippen LogP contribution in [0.2, 0.25) is 0 Å². The summed E-state index contributed by atoms with van der Waals surface area (Å²) in [4.78, 5) is 13.1. The molecular weight excluding hydrogens is 244 g/mol. The van der Waals surface area contributed by atoms with Gasteiger partial charge < -0.3 is 14.6 Å². The summed E-state index contributed by atoms with van der Waals surface area (Å²) in [6.07, 6.45) is 0.880. The van der Waals surface area contributed by atoms with Crippen LogP contribution in [0.5, 0.6) is 0 Å². The Bertz CT molecular complexity index is 367. The van der Waals surface area contributed by atoms with E-state index in [1.54, 1.807) is 18.9 Å². The van der Waals surface area contributed by atoms with Crippen LogP contribution in [0.1, 0.15) is 31.5 Å². The van der Waals surface area contributed by atoms with Gasteiger partial charge in [0, 0.05) is 13.6 Å². The molecule has 1 aromatic heterocycles. The third kappa shape index (κ3) is 3.89. The Hall–Kier alpha value is -1.30. The topological polar surface area (TPSA) is 71.3 Å². The summed E-state index contributed by atoms with van der Waals surface area (Å²) >= 11 is 5.84. The number of carbonyl (C=O) groups excluding carboxylic acids is 1. The Morgan fingerprint density at radius 1 is 1.59 bits per heavy atom. The van der Waals surface area contributed by atoms with Gasteiger partial charge in [-0.1, -0.05) is 12.0 Å². The van der Waals surface area contributed by atoms with Crippen LogP contribution >= 0.6 is 11.6 Å². The fourth-order valence-corrected chi connectivity index (χ4v) is 1.37. The lowest BCUT2D eigenvalue weighted by molar-refractivity contribution is -0.119. The first-order valence-corrected chi connectivity index (χ1v) is 5.95. The van der Waals surface area contributed by atoms with E-state index in [1.165, 1.54) is 0 Å². The number of halogens is 1. The van der Waals surface area contributed by atoms with Crippen molar-refractivity contribution in [2.45, 2.75) is 25.6 Å². The summed E-state index contributed by atoms with van der Waals surface area (Å²) in [5.41, 5.74) is 0. The predicted octanol–water partition coefficient (Wildman–Crippen LogP) is 1.33. The number of alkyl halides is 1. The van der Waals surface area contributed by atoms with E-state index in [2.05, 4.69) is 15.5 Å². The van der Waals surface area contributed by atoms with Crippen LogP contribution in [-0.2, 0) is 4.79 Å². The minimum absolute atomic E-state index is 0.0999. The number of likely N-dealkylation sites (N-methyl/N-ethyl adjacent to an activating group) is 1. The lowest BCUT2D eigenvalue weighted by Gasteiger charge is -2.17. The number of amides is 1. The smallest absolute Gasteiger partial charge is 0.318 e. The fourth-order valence-electron chi connectivity index (χ4n) is 1.28. The van der Waals surface area contributed by atoms with Gasteiger partial charge in [-0.25, -0.2) is 0 Å². The number of nitrogens with zero attached hydrogens (tertiary/aromatic N) is 3. The van der Waals surface area contributed by atoms with Gasteiger partial charge in [0.25, 0.3) is 0 Å². The molecule has 0 aliphatic carbocycles. The molecule has 0 aliphatic rings. The summed E-state index contributed by atoms with van der Waals surface area (Å²) in [5.74, 6) is 0.261. The third-order valence-electron chi connectivity index (χ3n) is 2.15. The number of aromatic nitrogens is 2. The Morgan fingerprint density at radius 2 is 2.29 bits per heavy atom. The molecular formula is C10H17ClN4O2. The molecule has 6 nitrogen and oxygen atoms in total. The molecule has 0 aromatic carbocycles. The number of hydrogen-bond acceptors (Lipinski definition) is 5. The molecule has 1 aromatic rings. The molecule has 0 saturated heterocycles. The number of anilines is 1. The maximum Gasteiger partial charge on any atom is 0.318 e. The minimum atomic E-state index is -0.334. The van der Waals surface area contributed by atoms with Crippen molar-refractivity contribution < 1.29 is 9.21 Å². The first kappa shape index (κ1) is 13.8. The number of rotatable bonds is 6. The van der Waals surface area contributed by atoms with Gasteiger partial charge in [-0.2, -0.15) is 0 Å². The molecule has 0 radical (unpaired) electrons. The van der Waals surface area contributed by atoms with Gasteiger partial charge in [0.1, 0.15) is 11.9 Å². The van der Waals surface area contributed by atoms with Crippen molar-refractivity contribution in [1.82, 2.24) is 15.5 Å². The predicted molar refractivity (Wildman–Crippen MR) is 65.1 cm³/mol. The summed E-state index contributed by atoms with van der Waals surface area (Å²) in [7, 11) is 1.59. The van der Waals surface area contributed by atoms with Crippen LogP contribution in [0.25, 0.3) is 0 Å². The van der Waals surface area contributed by atoms with Crippen molar-refractivity contribution >= 4 is 23.5 Å². The summed E-state index contributed by atoms with van der Waals surface area (Å²) < 4.78 is 5.40. The minimum Gasteiger partial charge on any atom is -0.406 e. The molecule has 1 heterocycles. The highest BCUT2D eigenvalue weighted by atomic mass is 35.5. The fraction of sp³-hybridized carbons (Fsp3) is 0.700. The van der Waals surface area contributed by atoms with Gasteiger partial charge in [-0.05, 0) is 13.3 Å². The zero-order valence-corrected chi connectivity index (χ0v) is 11.0. The summed E-state index contributed by atoms with van der Waals surface area (Å²) in [6, 6.07) is 0.331. The van der Waals surface area contributed by atoms with Gasteiger partial charge in [-0.3, -0.25) is 4.79 Å². The SMILES string of the molecule is CCCN(CC(=O)NC)c1nnc(C(C)Cl)o1. The molecule has 1 rings (SSSR count). The van der Waals surface area contributed by atoms with Crippen LogP contribution in [0.3, 0.4) is 0 Å². The van der Waals surface area contributed by atoms with Gasteiger partial charge in [-0.15, -0.1) is 16.7 Å². The lowest BCUT2D eigenvalue weighted by Crippen LogP contribution is -2.36. The van der Waals surface area contributed by atoms with Gasteiger partial charge in [0.2, 0.25) is 11.8 Å². The highest BCUT2D eigenvalue weighted by molar-refractivity contribution is 6.20. The molecule has 0 aliphatic heterocycles. The van der Waals surface area contributed by atoms with Crippen molar-refractivity contribution in [3.8, 4) is 0 Å². The Kier molecular flexibility index (Phi) is 5.21. The lowest BCUT2D eigenvalue weighted by atomic mass is 10.4. The molecule has 0 bridgehead atoms. The first-order valence-electron chi connectivity index (χ1n) is 5.51. The zero-order valence-electron chi connectivity index (χ0n) is 10.2. The maximum absolute atomic E-state index is 11.3. The third-order valence-corrected chi connectivity index (χ3v) is 2.33. The molecule has 0 fully saturated rings. The zero-order chi connectivity index (χ0) is 12.8. The molecule has 96 valence electrons. The second-order valence-electron chi connectivity index (χ2n) is 3.63. The van der Waals surface area contributed by atoms with E-state index in [1.807, 2.05) is 6.92 Å². The second kappa shape index (κ2) is 6.44. The van der Waals surface area contributed by atoms with E-state index in [0.717, 1.165) is 6.42 Å². The van der Waals surface area contributed by atoms with Crippen molar-refractivity contribution in [2.24, 2.45) is 0 Å². The van der Waals surface area contributed by atoms with Gasteiger partial charge >= 0.3 is 6.01 Å². The monoisotopic (exact) mass is 260 g/mol. The van der Waals surface area contributed by atoms with Crippen LogP contribution in [-0.4, -0.2) is 36.2 Å². The number of carbonyl (C=O) groups is 1. The number of nitrogens with one attached hydrogen (secondary N) is 1. The number of hydrogen-bond donors (Lipinski definition) is 1. The van der Waals surface area contributed by atoms with Crippen LogP contribution in [0, 0.1) is 0 Å². The van der Waals surface area contributed by atoms with Crippen LogP contribution in [0.15, 0.2) is 4.42 Å². The first-order chi connectivity index (χ1) is 8.08. The quantitative estimate of drug-likeness (QED) is 0.782. The van der Waals surface area contributed by atoms with Gasteiger partial charge in [0.05, 0.1) is 0 Å². The molecule has 1 amide bonds. The Balaban J connectivity index is 2.77. The van der Waals surface area contributed by atoms with E-state index in [0.29, 0.717) is 18.5 Å². The molecule has 1 N–H and O–H groups in total. The molecule has 7 heteroatoms. The Labute approximate surface area is 105 Å². The molecule has 1 unspecified atom stereocenters. The molecule has 0 spiro atoms. The van der Waals surface area contributed by atoms with Gasteiger partial charge in [0.15, 0.2) is 0 Å². The molecule has 17 heavy (non-hydrogen) atoms. The standard InChI is InChI=1S/C10H17ClN4O2/c1-4-5-15(6-8(16)12-3)10-14-13-9(17-10)7(2)11/h7H,4-6H2,1-3H3,(H,12,16). The van der Waals surface area contributed by atoms with E-state index in [9.17, 15) is 4.79 Å². The highest BCUT2D eigenvalue weighted by Gasteiger charge is 2.18. The highest BCUT2D eigenvalue weighted by Crippen LogP contribution is 2.21. The Morgan fingerprint density at radius 3 is 2.76 bits per heavy atom. The summed E-state index contributed by atoms with van der Waals surface area (Å²) in [6.45, 7) is 4.63. The van der Waals surface area contributed by atoms with Crippen molar-refractivity contribution in [2.75, 3.05) is 25.0 Å². The average Bonchev–Trinajstić information content (AvgIpc) is 2.77. The molecule has 0 saturated carbocycles. The largest absolute Gasteiger partial charge is 0.406 e. The second-order valence-corrected chi connectivity index (χ2v) is 4.29. The van der Waals surface area contributed by atoms with Crippen molar-refractivity contribution in [1.29, 1.82) is 0 Å². The van der Waals surface area contributed by atoms with E-state index in [4.69, 9.17) is 16.0 Å². The molecule has 1 atom stereocenters. The van der Waals surface area contributed by atoms with Crippen LogP contribution < -0.4 is 10.2 Å². The van der Waals surface area contributed by atoms with E-state index >= 15 is 0 Å². The summed E-state index contributed by atoms with van der Waals surface area (Å²) in [5, 5.41) is 9.94. The van der Waals surface area contributed by atoms with E-state index < -0.39 is 0 Å². The normalized spacial score (nSPS) is 12.2. The van der Waals surface area contributed by atoms with E-state index in [-0.39, 0.29) is 17.8 Å². The van der Waals surface area contributed by atoms with Crippen LogP contribution in [0.4, 0.5) is 6.01 Å².